The number of rotatable bonds is 6. The standard InChI is InChI=1S/C21H35N5O/c1-5-18-15-19(23-17(2)22-18)25-13-9-21(10-14-25)8-7-20(27)26(16-21)12-6-11-24(3)4/h15H,5-14,16H2,1-4H3. The Hall–Kier alpha value is -1.69. The molecule has 0 aromatic carbocycles. The zero-order valence-electron chi connectivity index (χ0n) is 17.5. The number of carbonyl (C=O) groups is 1. The molecule has 0 atom stereocenters. The third kappa shape index (κ3) is 4.98. The molecule has 6 nitrogen and oxygen atoms in total. The van der Waals surface area contributed by atoms with Crippen molar-refractivity contribution in [3.63, 3.8) is 0 Å². The van der Waals surface area contributed by atoms with Crippen LogP contribution >= 0.6 is 0 Å². The molecule has 6 heteroatoms. The van der Waals surface area contributed by atoms with Gasteiger partial charge in [0.2, 0.25) is 5.91 Å². The molecular formula is C21H35N5O. The number of hydrogen-bond acceptors (Lipinski definition) is 5. The Morgan fingerprint density at radius 1 is 1.19 bits per heavy atom. The van der Waals surface area contributed by atoms with Gasteiger partial charge in [0, 0.05) is 44.4 Å². The molecule has 3 rings (SSSR count). The average Bonchev–Trinajstić information content (AvgIpc) is 2.64. The topological polar surface area (TPSA) is 52.6 Å². The highest BCUT2D eigenvalue weighted by atomic mass is 16.2. The third-order valence-electron chi connectivity index (χ3n) is 6.17. The van der Waals surface area contributed by atoms with E-state index in [1.165, 1.54) is 0 Å². The number of aromatic nitrogens is 2. The number of piperidine rings is 2. The molecule has 1 aromatic heterocycles. The molecule has 0 unspecified atom stereocenters. The van der Waals surface area contributed by atoms with Crippen LogP contribution in [0.2, 0.25) is 0 Å². The number of likely N-dealkylation sites (tertiary alicyclic amines) is 1. The molecule has 0 bridgehead atoms. The summed E-state index contributed by atoms with van der Waals surface area (Å²) in [4.78, 5) is 28.3. The summed E-state index contributed by atoms with van der Waals surface area (Å²) < 4.78 is 0. The van der Waals surface area contributed by atoms with Gasteiger partial charge in [-0.1, -0.05) is 6.92 Å². The lowest BCUT2D eigenvalue weighted by Gasteiger charge is -2.47. The molecule has 0 saturated carbocycles. The van der Waals surface area contributed by atoms with E-state index in [0.29, 0.717) is 17.7 Å². The number of amides is 1. The molecule has 2 aliphatic rings. The molecule has 2 fully saturated rings. The minimum atomic E-state index is 0.304. The maximum atomic E-state index is 12.4. The Bertz CT molecular complexity index is 652. The summed E-state index contributed by atoms with van der Waals surface area (Å²) in [5, 5.41) is 0. The van der Waals surface area contributed by atoms with E-state index in [1.54, 1.807) is 0 Å². The lowest BCUT2D eigenvalue weighted by atomic mass is 9.72. The Kier molecular flexibility index (Phi) is 6.35. The van der Waals surface area contributed by atoms with Crippen LogP contribution in [0.4, 0.5) is 5.82 Å². The predicted molar refractivity (Wildman–Crippen MR) is 109 cm³/mol. The van der Waals surface area contributed by atoms with Crippen molar-refractivity contribution in [2.75, 3.05) is 51.7 Å². The van der Waals surface area contributed by atoms with Gasteiger partial charge in [-0.15, -0.1) is 0 Å². The molecule has 1 aromatic rings. The summed E-state index contributed by atoms with van der Waals surface area (Å²) in [6, 6.07) is 2.14. The molecular weight excluding hydrogens is 338 g/mol. The quantitative estimate of drug-likeness (QED) is 0.767. The van der Waals surface area contributed by atoms with Crippen LogP contribution in [0.25, 0.3) is 0 Å². The summed E-state index contributed by atoms with van der Waals surface area (Å²) in [6.07, 6.45) is 6.06. The zero-order valence-corrected chi connectivity index (χ0v) is 17.5. The maximum Gasteiger partial charge on any atom is 0.222 e. The Morgan fingerprint density at radius 3 is 2.59 bits per heavy atom. The van der Waals surface area contributed by atoms with Crippen LogP contribution in [-0.2, 0) is 11.2 Å². The van der Waals surface area contributed by atoms with E-state index < -0.39 is 0 Å². The molecule has 150 valence electrons. The minimum absolute atomic E-state index is 0.304. The van der Waals surface area contributed by atoms with Crippen LogP contribution in [0.5, 0.6) is 0 Å². The van der Waals surface area contributed by atoms with Crippen molar-refractivity contribution in [1.29, 1.82) is 0 Å². The number of carbonyl (C=O) groups excluding carboxylic acids is 1. The molecule has 3 heterocycles. The first-order valence-electron chi connectivity index (χ1n) is 10.4. The molecule has 27 heavy (non-hydrogen) atoms. The van der Waals surface area contributed by atoms with Gasteiger partial charge in [0.15, 0.2) is 0 Å². The first kappa shape index (κ1) is 20.1. The molecule has 0 radical (unpaired) electrons. The molecule has 0 N–H and O–H groups in total. The van der Waals surface area contributed by atoms with Crippen LogP contribution in [0.3, 0.4) is 0 Å². The van der Waals surface area contributed by atoms with E-state index in [-0.39, 0.29) is 0 Å². The smallest absolute Gasteiger partial charge is 0.222 e. The van der Waals surface area contributed by atoms with Gasteiger partial charge in [-0.2, -0.15) is 0 Å². The van der Waals surface area contributed by atoms with E-state index in [1.807, 2.05) is 6.92 Å². The van der Waals surface area contributed by atoms with Crippen LogP contribution in [0, 0.1) is 12.3 Å². The van der Waals surface area contributed by atoms with Crippen LogP contribution in [-0.4, -0.2) is 72.5 Å². The zero-order chi connectivity index (χ0) is 19.4. The van der Waals surface area contributed by atoms with Crippen molar-refractivity contribution in [1.82, 2.24) is 19.8 Å². The third-order valence-corrected chi connectivity index (χ3v) is 6.17. The van der Waals surface area contributed by atoms with E-state index >= 15 is 0 Å². The number of hydrogen-bond donors (Lipinski definition) is 0. The summed E-state index contributed by atoms with van der Waals surface area (Å²) >= 11 is 0. The predicted octanol–water partition coefficient (Wildman–Crippen LogP) is 2.51. The van der Waals surface area contributed by atoms with Crippen molar-refractivity contribution < 1.29 is 4.79 Å². The summed E-state index contributed by atoms with van der Waals surface area (Å²) in [5.74, 6) is 2.28. The van der Waals surface area contributed by atoms with Crippen molar-refractivity contribution in [2.24, 2.45) is 5.41 Å². The fourth-order valence-electron chi connectivity index (χ4n) is 4.46. The Labute approximate surface area is 164 Å². The fraction of sp³-hybridized carbons (Fsp3) is 0.762. The number of anilines is 1. The van der Waals surface area contributed by atoms with Crippen LogP contribution in [0.1, 0.15) is 50.5 Å². The van der Waals surface area contributed by atoms with E-state index in [4.69, 9.17) is 0 Å². The number of aryl methyl sites for hydroxylation is 2. The van der Waals surface area contributed by atoms with E-state index in [0.717, 1.165) is 82.2 Å². The monoisotopic (exact) mass is 373 g/mol. The highest BCUT2D eigenvalue weighted by molar-refractivity contribution is 5.77. The molecule has 2 saturated heterocycles. The first-order chi connectivity index (χ1) is 12.9. The largest absolute Gasteiger partial charge is 0.356 e. The minimum Gasteiger partial charge on any atom is -0.356 e. The van der Waals surface area contributed by atoms with Crippen molar-refractivity contribution in [2.45, 2.75) is 52.4 Å². The highest BCUT2D eigenvalue weighted by Gasteiger charge is 2.41. The second-order valence-corrected chi connectivity index (χ2v) is 8.58. The molecule has 0 aliphatic carbocycles. The second kappa shape index (κ2) is 8.55. The highest BCUT2D eigenvalue weighted by Crippen LogP contribution is 2.41. The van der Waals surface area contributed by atoms with Crippen molar-refractivity contribution in [3.05, 3.63) is 17.6 Å². The van der Waals surface area contributed by atoms with Crippen molar-refractivity contribution in [3.8, 4) is 0 Å². The molecule has 1 spiro atoms. The normalized spacial score (nSPS) is 20.0. The van der Waals surface area contributed by atoms with Gasteiger partial charge in [-0.3, -0.25) is 4.79 Å². The Morgan fingerprint density at radius 2 is 1.93 bits per heavy atom. The van der Waals surface area contributed by atoms with Gasteiger partial charge in [-0.05, 0) is 65.1 Å². The maximum absolute atomic E-state index is 12.4. The van der Waals surface area contributed by atoms with Gasteiger partial charge in [-0.25, -0.2) is 9.97 Å². The first-order valence-corrected chi connectivity index (χ1v) is 10.4. The Balaban J connectivity index is 1.60. The molecule has 1 amide bonds. The van der Waals surface area contributed by atoms with E-state index in [9.17, 15) is 4.79 Å². The van der Waals surface area contributed by atoms with Gasteiger partial charge in [0.05, 0.1) is 0 Å². The fourth-order valence-corrected chi connectivity index (χ4v) is 4.46. The average molecular weight is 374 g/mol. The number of nitrogens with zero attached hydrogens (tertiary/aromatic N) is 5. The lowest BCUT2D eigenvalue weighted by Crippen LogP contribution is -2.52. The van der Waals surface area contributed by atoms with Gasteiger partial charge in [0.25, 0.3) is 0 Å². The van der Waals surface area contributed by atoms with Gasteiger partial charge >= 0.3 is 0 Å². The van der Waals surface area contributed by atoms with Crippen LogP contribution in [0.15, 0.2) is 6.07 Å². The van der Waals surface area contributed by atoms with Gasteiger partial charge < -0.3 is 14.7 Å². The summed E-state index contributed by atoms with van der Waals surface area (Å²) in [5.41, 5.74) is 1.42. The second-order valence-electron chi connectivity index (χ2n) is 8.58. The summed E-state index contributed by atoms with van der Waals surface area (Å²) in [6.45, 7) is 9.05. The SMILES string of the molecule is CCc1cc(N2CCC3(CCC(=O)N(CCCN(C)C)C3)CC2)nc(C)n1. The van der Waals surface area contributed by atoms with E-state index in [2.05, 4.69) is 51.8 Å². The van der Waals surface area contributed by atoms with Gasteiger partial charge in [0.1, 0.15) is 11.6 Å². The summed E-state index contributed by atoms with van der Waals surface area (Å²) in [7, 11) is 4.18. The van der Waals surface area contributed by atoms with Crippen LogP contribution < -0.4 is 4.90 Å². The molecule has 2 aliphatic heterocycles. The lowest BCUT2D eigenvalue weighted by molar-refractivity contribution is -0.138. The van der Waals surface area contributed by atoms with Crippen molar-refractivity contribution >= 4 is 11.7 Å².